The van der Waals surface area contributed by atoms with Gasteiger partial charge in [0.1, 0.15) is 11.2 Å². The number of aliphatic hydroxyl groups is 1. The quantitative estimate of drug-likeness (QED) is 0.196. The number of carbonyl (C=O) groups excluding carboxylic acids is 1. The first-order valence-corrected chi connectivity index (χ1v) is 18.7. The molecular formula is C39H39ClF3N9O5. The summed E-state index contributed by atoms with van der Waals surface area (Å²) in [6.45, 7) is 3.98. The number of likely N-dealkylation sites (tertiary alicyclic amines) is 1. The van der Waals surface area contributed by atoms with E-state index in [-0.39, 0.29) is 29.6 Å². The Morgan fingerprint density at radius 2 is 1.77 bits per heavy atom. The lowest BCUT2D eigenvalue weighted by molar-refractivity contribution is -0.144. The van der Waals surface area contributed by atoms with Gasteiger partial charge in [0.05, 0.1) is 30.0 Å². The van der Waals surface area contributed by atoms with E-state index in [4.69, 9.17) is 21.3 Å². The summed E-state index contributed by atoms with van der Waals surface area (Å²) in [6.07, 6.45) is -2.53. The lowest BCUT2D eigenvalue weighted by Gasteiger charge is -2.28. The Morgan fingerprint density at radius 3 is 2.51 bits per heavy atom. The fraction of sp³-hybridized carbons (Fsp3) is 0.385. The number of aliphatic hydroxyl groups excluding tert-OH is 1. The third kappa shape index (κ3) is 6.46. The van der Waals surface area contributed by atoms with E-state index in [2.05, 4.69) is 25.5 Å². The number of urea groups is 1. The maximum Gasteiger partial charge on any atom is 0.451 e. The molecule has 2 aromatic carbocycles. The Kier molecular flexibility index (Phi) is 9.52. The summed E-state index contributed by atoms with van der Waals surface area (Å²) < 4.78 is 49.5. The number of fused-ring (bicyclic) bond motifs is 2. The highest BCUT2D eigenvalue weighted by Crippen LogP contribution is 2.47. The molecule has 0 radical (unpaired) electrons. The number of pyridine rings is 1. The van der Waals surface area contributed by atoms with Crippen molar-refractivity contribution >= 4 is 40.2 Å². The zero-order chi connectivity index (χ0) is 40.6. The summed E-state index contributed by atoms with van der Waals surface area (Å²) in [5.74, 6) is -1.42. The number of hydrogen-bond acceptors (Lipinski definition) is 10. The SMILES string of the molecule is COc1nc(-c2cccc(-c3cccc(Nc4nc(C(F)(F)F)nc5c4c(=O)n(C)c(=O)n5C)c3C)c2Cl)cc2c1C(N1CCC3(CN(CCO)C(=O)N3)C1)CC2. The number of ether oxygens (including phenoxy) is 1. The zero-order valence-electron chi connectivity index (χ0n) is 31.5. The standard InChI is InChI=1S/C39H39ClF3N9O5/c1-20-22(7-6-10-25(20)44-31-29-32(47-35(46-31)39(41,42)43)49(2)37(56)50(3)34(29)54)23-8-5-9-24(30(23)40)26-17-21-11-12-27(28(21)33(45-26)57-4)51-14-13-38(18-51)19-52(15-16-53)36(55)48-38/h5-10,17,27,53H,11-16,18-19H2,1-4H3,(H,48,55)(H,44,46,47). The Labute approximate surface area is 328 Å². The van der Waals surface area contributed by atoms with Gasteiger partial charge in [-0.2, -0.15) is 13.2 Å². The Balaban J connectivity index is 1.13. The number of nitrogens with zero attached hydrogens (tertiary/aromatic N) is 7. The lowest BCUT2D eigenvalue weighted by atomic mass is 9.96. The normalized spacial score (nSPS) is 19.5. The molecule has 0 saturated carbocycles. The molecule has 298 valence electrons. The molecule has 3 N–H and O–H groups in total. The number of methoxy groups -OCH3 is 1. The molecule has 57 heavy (non-hydrogen) atoms. The minimum Gasteiger partial charge on any atom is -0.481 e. The number of β-amino-alcohol motifs (C(OH)–C–C–N with tert-alkyl or cyclic N) is 1. The van der Waals surface area contributed by atoms with Crippen LogP contribution in [-0.2, 0) is 26.7 Å². The number of nitrogens with one attached hydrogen (secondary N) is 2. The van der Waals surface area contributed by atoms with Crippen LogP contribution in [0.25, 0.3) is 33.4 Å². The van der Waals surface area contributed by atoms with Crippen molar-refractivity contribution in [3.63, 3.8) is 0 Å². The number of rotatable bonds is 8. The molecule has 2 saturated heterocycles. The van der Waals surface area contributed by atoms with E-state index in [0.29, 0.717) is 64.2 Å². The minimum atomic E-state index is -4.96. The zero-order valence-corrected chi connectivity index (χ0v) is 32.3. The highest BCUT2D eigenvalue weighted by Gasteiger charge is 2.49. The number of anilines is 2. The van der Waals surface area contributed by atoms with Crippen LogP contribution in [0.4, 0.5) is 29.5 Å². The van der Waals surface area contributed by atoms with Crippen molar-refractivity contribution < 1.29 is 27.8 Å². The predicted molar refractivity (Wildman–Crippen MR) is 207 cm³/mol. The highest BCUT2D eigenvalue weighted by atomic mass is 35.5. The first kappa shape index (κ1) is 38.4. The fourth-order valence-electron chi connectivity index (χ4n) is 8.53. The van der Waals surface area contributed by atoms with Crippen molar-refractivity contribution in [3.05, 3.63) is 90.8 Å². The average molecular weight is 806 g/mol. The summed E-state index contributed by atoms with van der Waals surface area (Å²) in [5, 5.41) is 15.6. The molecule has 2 aliphatic heterocycles. The Morgan fingerprint density at radius 1 is 1.04 bits per heavy atom. The molecular weight excluding hydrogens is 767 g/mol. The number of carbonyl (C=O) groups is 1. The van der Waals surface area contributed by atoms with E-state index in [1.165, 1.54) is 14.1 Å². The van der Waals surface area contributed by atoms with Gasteiger partial charge in [-0.25, -0.2) is 24.5 Å². The van der Waals surface area contributed by atoms with Gasteiger partial charge >= 0.3 is 17.9 Å². The smallest absolute Gasteiger partial charge is 0.451 e. The van der Waals surface area contributed by atoms with E-state index in [9.17, 15) is 32.7 Å². The maximum atomic E-state index is 14.0. The average Bonchev–Trinajstić information content (AvgIpc) is 3.88. The molecule has 3 aromatic heterocycles. The van der Waals surface area contributed by atoms with Gasteiger partial charge in [-0.05, 0) is 55.0 Å². The van der Waals surface area contributed by atoms with Crippen LogP contribution < -0.4 is 26.6 Å². The van der Waals surface area contributed by atoms with Gasteiger partial charge < -0.3 is 25.4 Å². The van der Waals surface area contributed by atoms with Gasteiger partial charge in [-0.15, -0.1) is 0 Å². The number of amides is 2. The summed E-state index contributed by atoms with van der Waals surface area (Å²) in [4.78, 5) is 54.7. The molecule has 5 aromatic rings. The number of hydrogen-bond donors (Lipinski definition) is 3. The molecule has 3 aliphatic rings. The molecule has 2 fully saturated rings. The molecule has 14 nitrogen and oxygen atoms in total. The van der Waals surface area contributed by atoms with E-state index < -0.39 is 34.7 Å². The van der Waals surface area contributed by atoms with Gasteiger partial charge in [0.15, 0.2) is 5.65 Å². The summed E-state index contributed by atoms with van der Waals surface area (Å²) in [5.41, 5.74) is 3.08. The van der Waals surface area contributed by atoms with Crippen LogP contribution >= 0.6 is 11.6 Å². The maximum absolute atomic E-state index is 14.0. The van der Waals surface area contributed by atoms with Crippen molar-refractivity contribution in [2.24, 2.45) is 14.1 Å². The summed E-state index contributed by atoms with van der Waals surface area (Å²) in [7, 11) is 4.05. The van der Waals surface area contributed by atoms with Crippen LogP contribution in [0, 0.1) is 6.92 Å². The van der Waals surface area contributed by atoms with Crippen LogP contribution in [0.1, 0.15) is 41.4 Å². The lowest BCUT2D eigenvalue weighted by Crippen LogP contribution is -2.46. The van der Waals surface area contributed by atoms with Gasteiger partial charge in [0.25, 0.3) is 5.56 Å². The molecule has 1 aliphatic carbocycles. The van der Waals surface area contributed by atoms with Crippen molar-refractivity contribution in [1.82, 2.24) is 39.2 Å². The van der Waals surface area contributed by atoms with Crippen molar-refractivity contribution in [1.29, 1.82) is 0 Å². The number of alkyl halides is 3. The molecule has 5 heterocycles. The van der Waals surface area contributed by atoms with E-state index >= 15 is 0 Å². The van der Waals surface area contributed by atoms with Crippen molar-refractivity contribution in [3.8, 4) is 28.3 Å². The second-order valence-corrected chi connectivity index (χ2v) is 15.2. The first-order valence-electron chi connectivity index (χ1n) is 18.4. The number of benzene rings is 2. The number of halogens is 4. The van der Waals surface area contributed by atoms with Gasteiger partial charge in [-0.1, -0.05) is 41.9 Å². The minimum absolute atomic E-state index is 0.0450. The van der Waals surface area contributed by atoms with Gasteiger partial charge in [0, 0.05) is 68.7 Å². The number of aryl methyl sites for hydroxylation is 2. The summed E-state index contributed by atoms with van der Waals surface area (Å²) >= 11 is 7.19. The number of aromatic nitrogens is 5. The molecule has 2 unspecified atom stereocenters. The molecule has 8 rings (SSSR count). The molecule has 2 atom stereocenters. The van der Waals surface area contributed by atoms with Crippen molar-refractivity contribution in [2.45, 2.75) is 43.9 Å². The third-order valence-electron chi connectivity index (χ3n) is 11.4. The largest absolute Gasteiger partial charge is 0.481 e. The summed E-state index contributed by atoms with van der Waals surface area (Å²) in [6, 6.07) is 12.6. The van der Waals surface area contributed by atoms with Crippen LogP contribution in [-0.4, -0.2) is 90.5 Å². The topological polar surface area (TPSA) is 160 Å². The molecule has 2 amide bonds. The Hall–Kier alpha value is -5.52. The van der Waals surface area contributed by atoms with E-state index in [1.54, 1.807) is 31.1 Å². The van der Waals surface area contributed by atoms with Crippen LogP contribution in [0.5, 0.6) is 5.88 Å². The second kappa shape index (κ2) is 14.1. The van der Waals surface area contributed by atoms with Crippen LogP contribution in [0.2, 0.25) is 5.02 Å². The predicted octanol–water partition coefficient (Wildman–Crippen LogP) is 4.94. The van der Waals surface area contributed by atoms with Crippen molar-refractivity contribution in [2.75, 3.05) is 45.2 Å². The van der Waals surface area contributed by atoms with Crippen LogP contribution in [0.15, 0.2) is 52.1 Å². The Bertz CT molecular complexity index is 2600. The molecule has 1 spiro atoms. The van der Waals surface area contributed by atoms with Gasteiger partial charge in [0.2, 0.25) is 11.7 Å². The molecule has 0 bridgehead atoms. The monoisotopic (exact) mass is 805 g/mol. The fourth-order valence-corrected chi connectivity index (χ4v) is 8.85. The van der Waals surface area contributed by atoms with E-state index in [0.717, 1.165) is 46.1 Å². The second-order valence-electron chi connectivity index (χ2n) is 14.8. The van der Waals surface area contributed by atoms with Crippen LogP contribution in [0.3, 0.4) is 0 Å². The molecule has 18 heteroatoms. The third-order valence-corrected chi connectivity index (χ3v) is 11.8. The first-order chi connectivity index (χ1) is 27.1. The van der Waals surface area contributed by atoms with Gasteiger partial charge in [-0.3, -0.25) is 18.8 Å². The highest BCUT2D eigenvalue weighted by molar-refractivity contribution is 6.36. The van der Waals surface area contributed by atoms with E-state index in [1.807, 2.05) is 30.3 Å².